The van der Waals surface area contributed by atoms with Crippen molar-refractivity contribution in [2.75, 3.05) is 18.4 Å². The zero-order valence-electron chi connectivity index (χ0n) is 23.4. The summed E-state index contributed by atoms with van der Waals surface area (Å²) < 4.78 is 15.3. The number of carbonyl (C=O) groups excluding carboxylic acids is 2. The second kappa shape index (κ2) is 10.9. The molecular formula is C34H30FN5O3. The van der Waals surface area contributed by atoms with Gasteiger partial charge in [-0.3, -0.25) is 14.2 Å². The quantitative estimate of drug-likeness (QED) is 0.271. The molecule has 1 atom stereocenters. The number of fused-ring (bicyclic) bond motifs is 2. The number of imidazole rings is 1. The summed E-state index contributed by atoms with van der Waals surface area (Å²) in [7, 11) is 0. The molecule has 1 unspecified atom stereocenters. The number of aromatic nitrogens is 2. The summed E-state index contributed by atoms with van der Waals surface area (Å²) in [6, 6.07) is 28.6. The molecule has 3 heterocycles. The van der Waals surface area contributed by atoms with Crippen LogP contribution >= 0.6 is 0 Å². The van der Waals surface area contributed by atoms with Gasteiger partial charge >= 0.3 is 5.69 Å². The molecule has 4 aromatic carbocycles. The fourth-order valence-corrected chi connectivity index (χ4v) is 6.32. The number of amides is 2. The first-order chi connectivity index (χ1) is 21.0. The third-order valence-electron chi connectivity index (χ3n) is 8.48. The van der Waals surface area contributed by atoms with Crippen molar-refractivity contribution in [2.24, 2.45) is 0 Å². The Kier molecular flexibility index (Phi) is 6.77. The fraction of sp³-hybridized carbons (Fsp3) is 0.206. The fourth-order valence-electron chi connectivity index (χ4n) is 6.32. The van der Waals surface area contributed by atoms with E-state index >= 15 is 0 Å². The molecule has 9 heteroatoms. The van der Waals surface area contributed by atoms with Crippen molar-refractivity contribution in [3.05, 3.63) is 136 Å². The summed E-state index contributed by atoms with van der Waals surface area (Å²) in [5.41, 5.74) is 5.13. The SMILES string of the molecule is O=C(c1cccc(NC2c3ccccc3C(=O)N2Cc2ccc(F)cc2)c1)N1CCC(n2c(=O)[nH]c3ccccc32)CC1. The predicted molar refractivity (Wildman–Crippen MR) is 162 cm³/mol. The van der Waals surface area contributed by atoms with Gasteiger partial charge in [0, 0.05) is 48.1 Å². The lowest BCUT2D eigenvalue weighted by molar-refractivity contribution is 0.0692. The van der Waals surface area contributed by atoms with E-state index in [9.17, 15) is 18.8 Å². The van der Waals surface area contributed by atoms with E-state index in [1.165, 1.54) is 12.1 Å². The lowest BCUT2D eigenvalue weighted by Gasteiger charge is -2.33. The van der Waals surface area contributed by atoms with E-state index in [0.717, 1.165) is 22.2 Å². The number of halogens is 1. The lowest BCUT2D eigenvalue weighted by Crippen LogP contribution is -2.40. The van der Waals surface area contributed by atoms with Crippen LogP contribution < -0.4 is 11.0 Å². The van der Waals surface area contributed by atoms with Crippen molar-refractivity contribution in [1.82, 2.24) is 19.4 Å². The normalized spacial score (nSPS) is 17.0. The van der Waals surface area contributed by atoms with Gasteiger partial charge < -0.3 is 20.1 Å². The zero-order valence-corrected chi connectivity index (χ0v) is 23.4. The number of likely N-dealkylation sites (tertiary alicyclic amines) is 1. The van der Waals surface area contributed by atoms with E-state index in [-0.39, 0.29) is 29.4 Å². The standard InChI is InChI=1S/C34H30FN5O3/c35-24-14-12-22(13-15-24)21-39-31(27-8-1-2-9-28(27)33(39)42)36-25-7-5-6-23(20-25)32(41)38-18-16-26(17-19-38)40-30-11-4-3-10-29(30)37-34(40)43/h1-15,20,26,31,36H,16-19,21H2,(H,37,43). The van der Waals surface area contributed by atoms with Gasteiger partial charge in [0.1, 0.15) is 12.0 Å². The van der Waals surface area contributed by atoms with Crippen molar-refractivity contribution in [3.63, 3.8) is 0 Å². The molecule has 2 amide bonds. The van der Waals surface area contributed by atoms with Crippen LogP contribution in [0, 0.1) is 5.82 Å². The summed E-state index contributed by atoms with van der Waals surface area (Å²) >= 11 is 0. The number of nitrogens with zero attached hydrogens (tertiary/aromatic N) is 3. The molecule has 2 aliphatic rings. The van der Waals surface area contributed by atoms with Crippen LogP contribution in [0.4, 0.5) is 10.1 Å². The number of anilines is 1. The highest BCUT2D eigenvalue weighted by atomic mass is 19.1. The molecule has 1 aromatic heterocycles. The Hall–Kier alpha value is -5.18. The van der Waals surface area contributed by atoms with Crippen LogP contribution in [-0.4, -0.2) is 44.3 Å². The number of piperidine rings is 1. The molecule has 8 nitrogen and oxygen atoms in total. The number of aromatic amines is 1. The first-order valence-corrected chi connectivity index (χ1v) is 14.5. The number of hydrogen-bond donors (Lipinski definition) is 2. The number of nitrogens with one attached hydrogen (secondary N) is 2. The van der Waals surface area contributed by atoms with Crippen molar-refractivity contribution in [2.45, 2.75) is 31.6 Å². The van der Waals surface area contributed by atoms with Crippen LogP contribution in [0.1, 0.15) is 56.9 Å². The van der Waals surface area contributed by atoms with Gasteiger partial charge in [-0.2, -0.15) is 0 Å². The number of benzene rings is 4. The summed E-state index contributed by atoms with van der Waals surface area (Å²) in [5, 5.41) is 3.47. The Balaban J connectivity index is 1.08. The van der Waals surface area contributed by atoms with Crippen molar-refractivity contribution in [3.8, 4) is 0 Å². The highest BCUT2D eigenvalue weighted by molar-refractivity contribution is 5.99. The maximum Gasteiger partial charge on any atom is 0.326 e. The van der Waals surface area contributed by atoms with Gasteiger partial charge in [0.15, 0.2) is 0 Å². The molecule has 5 aromatic rings. The summed E-state index contributed by atoms with van der Waals surface area (Å²) in [6.07, 6.45) is 0.916. The van der Waals surface area contributed by atoms with Gasteiger partial charge in [-0.25, -0.2) is 9.18 Å². The minimum atomic E-state index is -0.454. The molecule has 216 valence electrons. The highest BCUT2D eigenvalue weighted by Gasteiger charge is 2.36. The van der Waals surface area contributed by atoms with Crippen molar-refractivity contribution >= 4 is 28.5 Å². The Bertz CT molecular complexity index is 1890. The Morgan fingerprint density at radius 1 is 0.884 bits per heavy atom. The second-order valence-corrected chi connectivity index (χ2v) is 11.1. The number of carbonyl (C=O) groups is 2. The first kappa shape index (κ1) is 26.7. The molecule has 0 bridgehead atoms. The second-order valence-electron chi connectivity index (χ2n) is 11.1. The molecule has 1 fully saturated rings. The zero-order chi connectivity index (χ0) is 29.5. The van der Waals surface area contributed by atoms with E-state index < -0.39 is 6.17 Å². The Morgan fingerprint density at radius 3 is 2.44 bits per heavy atom. The summed E-state index contributed by atoms with van der Waals surface area (Å²) in [6.45, 7) is 1.39. The number of para-hydroxylation sites is 2. The average Bonchev–Trinajstić information content (AvgIpc) is 3.51. The minimum Gasteiger partial charge on any atom is -0.361 e. The van der Waals surface area contributed by atoms with Crippen molar-refractivity contribution in [1.29, 1.82) is 0 Å². The van der Waals surface area contributed by atoms with Gasteiger partial charge in [0.2, 0.25) is 0 Å². The number of H-pyrrole nitrogens is 1. The molecule has 0 saturated carbocycles. The van der Waals surface area contributed by atoms with Crippen LogP contribution in [0.5, 0.6) is 0 Å². The van der Waals surface area contributed by atoms with E-state index in [2.05, 4.69) is 10.3 Å². The topological polar surface area (TPSA) is 90.4 Å². The van der Waals surface area contributed by atoms with E-state index in [4.69, 9.17) is 0 Å². The summed E-state index contributed by atoms with van der Waals surface area (Å²) in [4.78, 5) is 46.1. The summed E-state index contributed by atoms with van der Waals surface area (Å²) in [5.74, 6) is -0.506. The van der Waals surface area contributed by atoms with Gasteiger partial charge in [-0.15, -0.1) is 0 Å². The van der Waals surface area contributed by atoms with E-state index in [0.29, 0.717) is 49.3 Å². The van der Waals surface area contributed by atoms with E-state index in [1.54, 1.807) is 23.1 Å². The van der Waals surface area contributed by atoms with Gasteiger partial charge in [-0.1, -0.05) is 48.5 Å². The lowest BCUT2D eigenvalue weighted by atomic mass is 10.0. The smallest absolute Gasteiger partial charge is 0.326 e. The maximum atomic E-state index is 13.6. The predicted octanol–water partition coefficient (Wildman–Crippen LogP) is 5.71. The number of hydrogen-bond acceptors (Lipinski definition) is 4. The molecule has 0 radical (unpaired) electrons. The monoisotopic (exact) mass is 575 g/mol. The molecule has 0 spiro atoms. The maximum absolute atomic E-state index is 13.6. The molecule has 43 heavy (non-hydrogen) atoms. The average molecular weight is 576 g/mol. The van der Waals surface area contributed by atoms with Crippen LogP contribution in [0.2, 0.25) is 0 Å². The first-order valence-electron chi connectivity index (χ1n) is 14.5. The van der Waals surface area contributed by atoms with Crippen LogP contribution in [-0.2, 0) is 6.54 Å². The molecule has 1 saturated heterocycles. The minimum absolute atomic E-state index is 0.0211. The molecular weight excluding hydrogens is 545 g/mol. The highest BCUT2D eigenvalue weighted by Crippen LogP contribution is 2.36. The van der Waals surface area contributed by atoms with Crippen molar-refractivity contribution < 1.29 is 14.0 Å². The van der Waals surface area contributed by atoms with E-state index in [1.807, 2.05) is 76.2 Å². The third-order valence-corrected chi connectivity index (χ3v) is 8.48. The van der Waals surface area contributed by atoms with Gasteiger partial charge in [0.05, 0.1) is 11.0 Å². The van der Waals surface area contributed by atoms with Crippen LogP contribution in [0.3, 0.4) is 0 Å². The Morgan fingerprint density at radius 2 is 1.63 bits per heavy atom. The largest absolute Gasteiger partial charge is 0.361 e. The number of rotatable bonds is 6. The molecule has 2 N–H and O–H groups in total. The molecule has 2 aliphatic heterocycles. The third kappa shape index (κ3) is 4.97. The van der Waals surface area contributed by atoms with Gasteiger partial charge in [-0.05, 0) is 66.9 Å². The van der Waals surface area contributed by atoms with Crippen LogP contribution in [0.15, 0.2) is 102 Å². The molecule has 7 rings (SSSR count). The molecule has 0 aliphatic carbocycles. The Labute approximate surface area is 247 Å². The van der Waals surface area contributed by atoms with Crippen LogP contribution in [0.25, 0.3) is 11.0 Å². The van der Waals surface area contributed by atoms with Gasteiger partial charge in [0.25, 0.3) is 11.8 Å².